The van der Waals surface area contributed by atoms with E-state index in [1.165, 1.54) is 10.9 Å². The third-order valence-electron chi connectivity index (χ3n) is 5.31. The average Bonchev–Trinajstić information content (AvgIpc) is 3.22. The van der Waals surface area contributed by atoms with Crippen molar-refractivity contribution in [1.29, 1.82) is 0 Å². The molecule has 2 aliphatic heterocycles. The van der Waals surface area contributed by atoms with Crippen molar-refractivity contribution in [2.45, 2.75) is 24.5 Å². The van der Waals surface area contributed by atoms with E-state index in [0.717, 1.165) is 0 Å². The zero-order chi connectivity index (χ0) is 19.8. The maximum absolute atomic E-state index is 12.2. The molecule has 0 unspecified atom stereocenters. The van der Waals surface area contributed by atoms with Crippen LogP contribution in [0.4, 0.5) is 5.95 Å². The lowest BCUT2D eigenvalue weighted by atomic mass is 10.1. The number of aliphatic hydroxyl groups excluding tert-OH is 4. The molecule has 4 heterocycles. The number of imidazole rings is 1. The fourth-order valence-electron chi connectivity index (χ4n) is 3.77. The summed E-state index contributed by atoms with van der Waals surface area (Å²) < 4.78 is 7.18. The summed E-state index contributed by atoms with van der Waals surface area (Å²) in [6.07, 6.45) is -3.34. The molecule has 2 aromatic heterocycles. The molecular formula is C16H24N6O6. The quantitative estimate of drug-likeness (QED) is 0.349. The molecule has 0 amide bonds. The maximum Gasteiger partial charge on any atom is 0.278 e. The summed E-state index contributed by atoms with van der Waals surface area (Å²) in [5, 5.41) is 39.1. The number of β-amino-alcohol motifs (C(OH)–C–C–N with tert-alkyl or cyclic N) is 1. The van der Waals surface area contributed by atoms with Gasteiger partial charge in [-0.3, -0.25) is 14.3 Å². The van der Waals surface area contributed by atoms with Crippen LogP contribution in [0.1, 0.15) is 6.23 Å². The molecule has 12 heteroatoms. The van der Waals surface area contributed by atoms with Crippen LogP contribution in [0, 0.1) is 0 Å². The van der Waals surface area contributed by atoms with Crippen LogP contribution in [0.25, 0.3) is 11.2 Å². The van der Waals surface area contributed by atoms with E-state index < -0.39 is 36.7 Å². The highest BCUT2D eigenvalue weighted by Crippen LogP contribution is 2.35. The number of aromatic nitrogens is 4. The molecule has 2 aliphatic rings. The van der Waals surface area contributed by atoms with Crippen molar-refractivity contribution in [3.05, 3.63) is 16.7 Å². The number of rotatable bonds is 5. The summed E-state index contributed by atoms with van der Waals surface area (Å²) >= 11 is 0. The Labute approximate surface area is 159 Å². The number of aromatic amines is 1. The van der Waals surface area contributed by atoms with Gasteiger partial charge in [0.05, 0.1) is 19.5 Å². The van der Waals surface area contributed by atoms with Crippen molar-refractivity contribution in [2.24, 2.45) is 0 Å². The zero-order valence-electron chi connectivity index (χ0n) is 15.2. The molecule has 0 aliphatic carbocycles. The fraction of sp³-hybridized carbons (Fsp3) is 0.688. The molecule has 154 valence electrons. The second kappa shape index (κ2) is 7.73. The van der Waals surface area contributed by atoms with Crippen LogP contribution in [-0.4, -0.2) is 109 Å². The number of hydrogen-bond donors (Lipinski definition) is 5. The lowest BCUT2D eigenvalue weighted by molar-refractivity contribution is -0.0505. The largest absolute Gasteiger partial charge is 0.395 e. The second-order valence-electron chi connectivity index (χ2n) is 6.97. The fourth-order valence-corrected chi connectivity index (χ4v) is 3.77. The molecule has 2 aromatic rings. The van der Waals surface area contributed by atoms with Crippen LogP contribution >= 0.6 is 0 Å². The SMILES string of the molecule is O=c1[nH]cnc2c1nc(N1CCN(CCO)CC1)n2[C@@H]1O[C@H](CO)[C@@H](O)[C@@H]1O. The minimum atomic E-state index is -1.31. The van der Waals surface area contributed by atoms with E-state index in [-0.39, 0.29) is 17.8 Å². The third-order valence-corrected chi connectivity index (χ3v) is 5.31. The number of nitrogens with one attached hydrogen (secondary N) is 1. The zero-order valence-corrected chi connectivity index (χ0v) is 15.2. The van der Waals surface area contributed by atoms with E-state index in [1.807, 2.05) is 4.90 Å². The molecule has 0 aromatic carbocycles. The maximum atomic E-state index is 12.2. The van der Waals surface area contributed by atoms with Gasteiger partial charge in [0.2, 0.25) is 5.95 Å². The predicted octanol–water partition coefficient (Wildman–Crippen LogP) is -3.15. The van der Waals surface area contributed by atoms with Gasteiger partial charge in [0.15, 0.2) is 17.4 Å². The normalized spacial score (nSPS) is 29.1. The third kappa shape index (κ3) is 3.17. The minimum Gasteiger partial charge on any atom is -0.395 e. The molecule has 28 heavy (non-hydrogen) atoms. The molecular weight excluding hydrogens is 372 g/mol. The smallest absolute Gasteiger partial charge is 0.278 e. The Kier molecular flexibility index (Phi) is 5.31. The highest BCUT2D eigenvalue weighted by Gasteiger charge is 2.45. The van der Waals surface area contributed by atoms with Crippen molar-refractivity contribution in [3.8, 4) is 0 Å². The molecule has 5 N–H and O–H groups in total. The van der Waals surface area contributed by atoms with Crippen molar-refractivity contribution in [1.82, 2.24) is 24.4 Å². The lowest BCUT2D eigenvalue weighted by Gasteiger charge is -2.35. The van der Waals surface area contributed by atoms with Gasteiger partial charge in [0.1, 0.15) is 18.3 Å². The van der Waals surface area contributed by atoms with Gasteiger partial charge in [0.25, 0.3) is 5.56 Å². The van der Waals surface area contributed by atoms with Gasteiger partial charge in [0, 0.05) is 32.7 Å². The van der Waals surface area contributed by atoms with Crippen molar-refractivity contribution in [3.63, 3.8) is 0 Å². The first-order valence-corrected chi connectivity index (χ1v) is 9.21. The number of hydrogen-bond acceptors (Lipinski definition) is 10. The predicted molar refractivity (Wildman–Crippen MR) is 96.9 cm³/mol. The molecule has 2 fully saturated rings. The number of aliphatic hydroxyl groups is 4. The van der Waals surface area contributed by atoms with Crippen molar-refractivity contribution in [2.75, 3.05) is 50.8 Å². The second-order valence-corrected chi connectivity index (χ2v) is 6.97. The Hall–Kier alpha value is -2.09. The molecule has 2 saturated heterocycles. The number of piperazine rings is 1. The van der Waals surface area contributed by atoms with Gasteiger partial charge in [-0.05, 0) is 0 Å². The first kappa shape index (κ1) is 19.2. The number of fused-ring (bicyclic) bond motifs is 1. The Bertz CT molecular complexity index is 878. The van der Waals surface area contributed by atoms with Crippen molar-refractivity contribution < 1.29 is 25.2 Å². The summed E-state index contributed by atoms with van der Waals surface area (Å²) in [6, 6.07) is 0. The number of H-pyrrole nitrogens is 1. The van der Waals surface area contributed by atoms with Crippen LogP contribution in [0.15, 0.2) is 11.1 Å². The van der Waals surface area contributed by atoms with Crippen molar-refractivity contribution >= 4 is 17.1 Å². The topological polar surface area (TPSA) is 160 Å². The molecule has 0 saturated carbocycles. The van der Waals surface area contributed by atoms with Gasteiger partial charge < -0.3 is 35.0 Å². The summed E-state index contributed by atoms with van der Waals surface area (Å²) in [6.45, 7) is 2.80. The molecule has 4 rings (SSSR count). The number of nitrogens with zero attached hydrogens (tertiary/aromatic N) is 5. The van der Waals surface area contributed by atoms with E-state index in [1.54, 1.807) is 0 Å². The minimum absolute atomic E-state index is 0.0837. The van der Waals surface area contributed by atoms with Gasteiger partial charge >= 0.3 is 0 Å². The number of anilines is 1. The van der Waals surface area contributed by atoms with Crippen LogP contribution in [0.3, 0.4) is 0 Å². The van der Waals surface area contributed by atoms with Crippen LogP contribution in [0.2, 0.25) is 0 Å². The summed E-state index contributed by atoms with van der Waals surface area (Å²) in [7, 11) is 0. The van der Waals surface area contributed by atoms with Gasteiger partial charge in [-0.2, -0.15) is 0 Å². The Morgan fingerprint density at radius 1 is 1.18 bits per heavy atom. The first-order valence-electron chi connectivity index (χ1n) is 9.21. The number of ether oxygens (including phenoxy) is 1. The van der Waals surface area contributed by atoms with Gasteiger partial charge in [-0.15, -0.1) is 0 Å². The Morgan fingerprint density at radius 2 is 1.93 bits per heavy atom. The molecule has 0 spiro atoms. The Morgan fingerprint density at radius 3 is 2.57 bits per heavy atom. The van der Waals surface area contributed by atoms with Gasteiger partial charge in [-0.1, -0.05) is 0 Å². The van der Waals surface area contributed by atoms with E-state index in [9.17, 15) is 20.1 Å². The highest BCUT2D eigenvalue weighted by atomic mass is 16.6. The highest BCUT2D eigenvalue weighted by molar-refractivity contribution is 5.74. The van der Waals surface area contributed by atoms with Gasteiger partial charge in [-0.25, -0.2) is 9.97 Å². The van der Waals surface area contributed by atoms with Crippen LogP contribution < -0.4 is 10.5 Å². The van der Waals surface area contributed by atoms with E-state index in [0.29, 0.717) is 38.7 Å². The molecule has 0 radical (unpaired) electrons. The van der Waals surface area contributed by atoms with Crippen LogP contribution in [-0.2, 0) is 4.74 Å². The van der Waals surface area contributed by atoms with E-state index in [2.05, 4.69) is 19.9 Å². The summed E-state index contributed by atoms with van der Waals surface area (Å²) in [4.78, 5) is 27.4. The van der Waals surface area contributed by atoms with Crippen LogP contribution in [0.5, 0.6) is 0 Å². The average molecular weight is 396 g/mol. The monoisotopic (exact) mass is 396 g/mol. The summed E-state index contributed by atoms with van der Waals surface area (Å²) in [5.74, 6) is 0.401. The van der Waals surface area contributed by atoms with E-state index in [4.69, 9.17) is 9.84 Å². The first-order chi connectivity index (χ1) is 13.5. The summed E-state index contributed by atoms with van der Waals surface area (Å²) in [5.41, 5.74) is -0.0879. The molecule has 0 bridgehead atoms. The standard InChI is InChI=1S/C16H24N6O6/c23-6-5-20-1-3-21(4-2-20)16-19-10-13(17-8-18-14(10)27)22(16)15-12(26)11(25)9(7-24)28-15/h8-9,11-12,15,23-26H,1-7H2,(H,17,18,27)/t9-,11-,12+,15-/m1/s1. The molecule has 12 nitrogen and oxygen atoms in total. The Balaban J connectivity index is 1.74. The molecule has 4 atom stereocenters. The van der Waals surface area contributed by atoms with E-state index >= 15 is 0 Å². The lowest BCUT2D eigenvalue weighted by Crippen LogP contribution is -2.48.